The fourth-order valence-corrected chi connectivity index (χ4v) is 5.30. The van der Waals surface area contributed by atoms with Gasteiger partial charge in [-0.3, -0.25) is 0 Å². The maximum atomic E-state index is 13.4. The molecule has 0 saturated carbocycles. The van der Waals surface area contributed by atoms with Gasteiger partial charge in [0, 0.05) is 42.8 Å². The third-order valence-electron chi connectivity index (χ3n) is 7.25. The minimum Gasteiger partial charge on any atom is -0.459 e. The molecule has 0 spiro atoms. The van der Waals surface area contributed by atoms with Gasteiger partial charge in [0.1, 0.15) is 12.4 Å². The van der Waals surface area contributed by atoms with E-state index < -0.39 is 11.6 Å². The van der Waals surface area contributed by atoms with Crippen molar-refractivity contribution < 1.29 is 19.1 Å². The standard InChI is InChI=1S/C27H30N3O3/c1-30(14-6-7-20-17-28-19-29-18-20)15-12-21(13-16-30)33-26(31)27(32)24-10-4-2-8-22(24)23-9-3-5-11-25(23)27/h2-5,8-11,17-19,21,32H,6-7,12-16H2,1H3/q+1. The maximum Gasteiger partial charge on any atom is 0.348 e. The number of quaternary nitrogens is 1. The number of carbonyl (C=O) groups is 1. The Morgan fingerprint density at radius 3 is 2.21 bits per heavy atom. The molecule has 6 heteroatoms. The van der Waals surface area contributed by atoms with Crippen LogP contribution in [0.4, 0.5) is 0 Å². The second-order valence-corrected chi connectivity index (χ2v) is 9.55. The SMILES string of the molecule is C[N+]1(CCCc2cncnc2)CCC(OC(=O)C2(O)c3ccccc3-c3ccccc32)CC1. The molecule has 0 radical (unpaired) electrons. The summed E-state index contributed by atoms with van der Waals surface area (Å²) in [5.74, 6) is -0.565. The highest BCUT2D eigenvalue weighted by Gasteiger charge is 2.50. The van der Waals surface area contributed by atoms with Gasteiger partial charge in [0.15, 0.2) is 0 Å². The molecule has 0 amide bonds. The van der Waals surface area contributed by atoms with Gasteiger partial charge in [0.05, 0.1) is 26.7 Å². The molecule has 6 nitrogen and oxygen atoms in total. The summed E-state index contributed by atoms with van der Waals surface area (Å²) in [6.07, 6.45) is 8.79. The lowest BCUT2D eigenvalue weighted by Crippen LogP contribution is -2.52. The number of hydrogen-bond acceptors (Lipinski definition) is 5. The molecule has 2 heterocycles. The third-order valence-corrected chi connectivity index (χ3v) is 7.25. The van der Waals surface area contributed by atoms with E-state index in [0.717, 1.165) is 60.9 Å². The largest absolute Gasteiger partial charge is 0.459 e. The first-order valence-corrected chi connectivity index (χ1v) is 11.7. The summed E-state index contributed by atoms with van der Waals surface area (Å²) in [5, 5.41) is 11.6. The van der Waals surface area contributed by atoms with Crippen LogP contribution in [0, 0.1) is 0 Å². The highest BCUT2D eigenvalue weighted by molar-refractivity contribution is 5.96. The van der Waals surface area contributed by atoms with Crippen molar-refractivity contribution in [3.8, 4) is 11.1 Å². The summed E-state index contributed by atoms with van der Waals surface area (Å²) in [6.45, 7) is 2.98. The van der Waals surface area contributed by atoms with Crippen molar-refractivity contribution in [2.75, 3.05) is 26.7 Å². The predicted molar refractivity (Wildman–Crippen MR) is 125 cm³/mol. The van der Waals surface area contributed by atoms with Crippen LogP contribution in [0.3, 0.4) is 0 Å². The number of ether oxygens (including phenoxy) is 1. The normalized spacial score (nSPS) is 22.9. The summed E-state index contributed by atoms with van der Waals surface area (Å²) in [6, 6.07) is 15.1. The van der Waals surface area contributed by atoms with Crippen LogP contribution >= 0.6 is 0 Å². The Bertz CT molecular complexity index is 1090. The van der Waals surface area contributed by atoms with E-state index in [1.165, 1.54) is 5.56 Å². The smallest absolute Gasteiger partial charge is 0.348 e. The Morgan fingerprint density at radius 1 is 1.03 bits per heavy atom. The molecular formula is C27H30N3O3+. The van der Waals surface area contributed by atoms with E-state index in [9.17, 15) is 9.90 Å². The zero-order valence-electron chi connectivity index (χ0n) is 19.0. The molecule has 1 fully saturated rings. The number of nitrogens with zero attached hydrogens (tertiary/aromatic N) is 3. The number of rotatable bonds is 6. The van der Waals surface area contributed by atoms with Crippen LogP contribution in [0.1, 0.15) is 36.0 Å². The minimum atomic E-state index is -1.75. The number of aromatic nitrogens is 2. The Morgan fingerprint density at radius 2 is 1.61 bits per heavy atom. The van der Waals surface area contributed by atoms with Crippen LogP contribution in [0.15, 0.2) is 67.3 Å². The molecule has 170 valence electrons. The van der Waals surface area contributed by atoms with Gasteiger partial charge < -0.3 is 14.3 Å². The number of piperidine rings is 1. The number of aryl methyl sites for hydroxylation is 1. The minimum absolute atomic E-state index is 0.171. The Hall–Kier alpha value is -3.09. The lowest BCUT2D eigenvalue weighted by atomic mass is 9.91. The van der Waals surface area contributed by atoms with Crippen molar-refractivity contribution in [3.63, 3.8) is 0 Å². The lowest BCUT2D eigenvalue weighted by Gasteiger charge is -2.41. The van der Waals surface area contributed by atoms with E-state index in [0.29, 0.717) is 11.1 Å². The second kappa shape index (κ2) is 8.69. The first kappa shape index (κ1) is 21.7. The van der Waals surface area contributed by atoms with Crippen molar-refractivity contribution in [1.29, 1.82) is 0 Å². The average molecular weight is 445 g/mol. The summed E-state index contributed by atoms with van der Waals surface area (Å²) >= 11 is 0. The molecule has 1 N–H and O–H groups in total. The first-order chi connectivity index (χ1) is 16.0. The van der Waals surface area contributed by atoms with Crippen molar-refractivity contribution >= 4 is 5.97 Å². The van der Waals surface area contributed by atoms with Crippen LogP contribution < -0.4 is 0 Å². The summed E-state index contributed by atoms with van der Waals surface area (Å²) in [5.41, 5.74) is 2.42. The Labute approximate surface area is 194 Å². The number of likely N-dealkylation sites (tertiary alicyclic amines) is 1. The van der Waals surface area contributed by atoms with Gasteiger partial charge in [-0.2, -0.15) is 0 Å². The van der Waals surface area contributed by atoms with Crippen LogP contribution in [-0.4, -0.2) is 58.3 Å². The molecule has 2 aliphatic rings. The fraction of sp³-hybridized carbons (Fsp3) is 0.370. The molecule has 0 unspecified atom stereocenters. The lowest BCUT2D eigenvalue weighted by molar-refractivity contribution is -0.915. The van der Waals surface area contributed by atoms with Gasteiger partial charge in [-0.15, -0.1) is 0 Å². The van der Waals surface area contributed by atoms with Crippen molar-refractivity contribution in [1.82, 2.24) is 9.97 Å². The number of hydrogen-bond donors (Lipinski definition) is 1. The first-order valence-electron chi connectivity index (χ1n) is 11.7. The number of aliphatic hydroxyl groups is 1. The van der Waals surface area contributed by atoms with E-state index in [1.54, 1.807) is 6.33 Å². The predicted octanol–water partition coefficient (Wildman–Crippen LogP) is 3.48. The van der Waals surface area contributed by atoms with E-state index in [4.69, 9.17) is 4.74 Å². The highest BCUT2D eigenvalue weighted by Crippen LogP contribution is 2.48. The summed E-state index contributed by atoms with van der Waals surface area (Å²) in [7, 11) is 2.27. The molecule has 33 heavy (non-hydrogen) atoms. The molecule has 2 aromatic carbocycles. The van der Waals surface area contributed by atoms with E-state index in [1.807, 2.05) is 60.9 Å². The topological polar surface area (TPSA) is 72.3 Å². The van der Waals surface area contributed by atoms with Crippen molar-refractivity contribution in [2.45, 2.75) is 37.4 Å². The van der Waals surface area contributed by atoms with Gasteiger partial charge >= 0.3 is 5.97 Å². The molecule has 1 aliphatic heterocycles. The monoisotopic (exact) mass is 444 g/mol. The average Bonchev–Trinajstić information content (AvgIpc) is 3.11. The van der Waals surface area contributed by atoms with Gasteiger partial charge in [0.25, 0.3) is 0 Å². The number of carbonyl (C=O) groups excluding carboxylic acids is 1. The van der Waals surface area contributed by atoms with Crippen LogP contribution in [0.25, 0.3) is 11.1 Å². The zero-order chi connectivity index (χ0) is 22.9. The molecule has 1 aromatic heterocycles. The molecule has 1 aliphatic carbocycles. The van der Waals surface area contributed by atoms with Gasteiger partial charge in [0.2, 0.25) is 5.60 Å². The third kappa shape index (κ3) is 4.05. The molecular weight excluding hydrogens is 414 g/mol. The molecule has 5 rings (SSSR count). The summed E-state index contributed by atoms with van der Waals surface area (Å²) < 4.78 is 6.91. The molecule has 0 atom stereocenters. The van der Waals surface area contributed by atoms with Gasteiger partial charge in [-0.05, 0) is 23.1 Å². The van der Waals surface area contributed by atoms with Crippen LogP contribution in [0.5, 0.6) is 0 Å². The van der Waals surface area contributed by atoms with Crippen LogP contribution in [-0.2, 0) is 21.6 Å². The van der Waals surface area contributed by atoms with Crippen molar-refractivity contribution in [2.24, 2.45) is 0 Å². The quantitative estimate of drug-likeness (QED) is 0.466. The Kier molecular flexibility index (Phi) is 5.72. The van der Waals surface area contributed by atoms with Crippen LogP contribution in [0.2, 0.25) is 0 Å². The van der Waals surface area contributed by atoms with Gasteiger partial charge in [-0.25, -0.2) is 14.8 Å². The molecule has 3 aromatic rings. The number of fused-ring (bicyclic) bond motifs is 3. The van der Waals surface area contributed by atoms with E-state index in [2.05, 4.69) is 17.0 Å². The Balaban J connectivity index is 1.22. The highest BCUT2D eigenvalue weighted by atomic mass is 16.6. The zero-order valence-corrected chi connectivity index (χ0v) is 19.0. The maximum absolute atomic E-state index is 13.4. The second-order valence-electron chi connectivity index (χ2n) is 9.55. The molecule has 1 saturated heterocycles. The number of benzene rings is 2. The van der Waals surface area contributed by atoms with Gasteiger partial charge in [-0.1, -0.05) is 48.5 Å². The molecule has 0 bridgehead atoms. The van der Waals surface area contributed by atoms with E-state index >= 15 is 0 Å². The fourth-order valence-electron chi connectivity index (χ4n) is 5.30. The summed E-state index contributed by atoms with van der Waals surface area (Å²) in [4.78, 5) is 21.5. The van der Waals surface area contributed by atoms with Crippen molar-refractivity contribution in [3.05, 3.63) is 83.9 Å². The van der Waals surface area contributed by atoms with E-state index in [-0.39, 0.29) is 6.10 Å². The number of esters is 1.